The number of nitrogens with zero attached hydrogens (tertiary/aromatic N) is 1. The van der Waals surface area contributed by atoms with Crippen molar-refractivity contribution in [3.05, 3.63) is 63.2 Å². The van der Waals surface area contributed by atoms with Gasteiger partial charge in [0.15, 0.2) is 5.78 Å². The van der Waals surface area contributed by atoms with Crippen molar-refractivity contribution >= 4 is 34.3 Å². The van der Waals surface area contributed by atoms with E-state index in [1.807, 2.05) is 44.2 Å². The fourth-order valence-corrected chi connectivity index (χ4v) is 4.28. The van der Waals surface area contributed by atoms with Crippen LogP contribution in [0, 0.1) is 13.8 Å². The van der Waals surface area contributed by atoms with Crippen LogP contribution < -0.4 is 0 Å². The first-order chi connectivity index (χ1) is 13.4. The molecule has 0 unspecified atom stereocenters. The molecule has 0 radical (unpaired) electrons. The Kier molecular flexibility index (Phi) is 6.09. The molecule has 0 bridgehead atoms. The Morgan fingerprint density at radius 2 is 2.04 bits per heavy atom. The third kappa shape index (κ3) is 3.92. The summed E-state index contributed by atoms with van der Waals surface area (Å²) in [5, 5.41) is 11.2. The lowest BCUT2D eigenvalue weighted by molar-refractivity contribution is -0.115. The van der Waals surface area contributed by atoms with E-state index in [0.717, 1.165) is 16.0 Å². The summed E-state index contributed by atoms with van der Waals surface area (Å²) in [7, 11) is 0. The SMILES string of the molecule is CCOC(=O)c1c(N=CC2=C(O)[C@@H](c3ccccc3)CCC2=O)sc(C)c1C. The second kappa shape index (κ2) is 8.52. The van der Waals surface area contributed by atoms with Crippen molar-refractivity contribution in [2.75, 3.05) is 6.61 Å². The summed E-state index contributed by atoms with van der Waals surface area (Å²) in [5.41, 5.74) is 2.42. The van der Waals surface area contributed by atoms with Crippen molar-refractivity contribution in [3.8, 4) is 0 Å². The van der Waals surface area contributed by atoms with Crippen LogP contribution in [0.1, 0.15) is 52.0 Å². The zero-order valence-corrected chi connectivity index (χ0v) is 17.0. The van der Waals surface area contributed by atoms with E-state index in [1.54, 1.807) is 6.92 Å². The zero-order valence-electron chi connectivity index (χ0n) is 16.2. The number of aliphatic imine (C=N–C) groups is 1. The summed E-state index contributed by atoms with van der Waals surface area (Å²) >= 11 is 1.37. The molecule has 6 heteroatoms. The maximum absolute atomic E-state index is 12.4. The number of carbonyl (C=O) groups is 2. The number of esters is 1. The summed E-state index contributed by atoms with van der Waals surface area (Å²) < 4.78 is 5.14. The van der Waals surface area contributed by atoms with E-state index >= 15 is 0 Å². The lowest BCUT2D eigenvalue weighted by Crippen LogP contribution is -2.19. The third-order valence-electron chi connectivity index (χ3n) is 4.93. The number of Topliss-reactive ketones (excluding diaryl/α,β-unsaturated/α-hetero) is 1. The minimum Gasteiger partial charge on any atom is -0.511 e. The molecule has 5 nitrogen and oxygen atoms in total. The van der Waals surface area contributed by atoms with Gasteiger partial charge in [-0.2, -0.15) is 0 Å². The number of aliphatic hydroxyl groups excluding tert-OH is 1. The summed E-state index contributed by atoms with van der Waals surface area (Å²) in [6.07, 6.45) is 2.30. The van der Waals surface area contributed by atoms with E-state index in [0.29, 0.717) is 23.4 Å². The Morgan fingerprint density at radius 1 is 1.32 bits per heavy atom. The molecule has 1 aliphatic rings. The number of aliphatic hydroxyl groups is 1. The molecule has 2 aromatic rings. The number of benzene rings is 1. The van der Waals surface area contributed by atoms with Crippen LogP contribution in [0.5, 0.6) is 0 Å². The van der Waals surface area contributed by atoms with Crippen LogP contribution in [0.4, 0.5) is 5.00 Å². The van der Waals surface area contributed by atoms with Gasteiger partial charge in [-0.05, 0) is 38.3 Å². The number of hydrogen-bond acceptors (Lipinski definition) is 6. The molecule has 1 atom stereocenters. The molecule has 0 saturated heterocycles. The Morgan fingerprint density at radius 3 is 2.71 bits per heavy atom. The molecule has 1 aliphatic carbocycles. The van der Waals surface area contributed by atoms with Crippen molar-refractivity contribution in [2.24, 2.45) is 4.99 Å². The van der Waals surface area contributed by atoms with Crippen molar-refractivity contribution < 1.29 is 19.4 Å². The van der Waals surface area contributed by atoms with E-state index in [1.165, 1.54) is 17.6 Å². The van der Waals surface area contributed by atoms with Gasteiger partial charge in [0.1, 0.15) is 10.8 Å². The van der Waals surface area contributed by atoms with Gasteiger partial charge >= 0.3 is 5.97 Å². The lowest BCUT2D eigenvalue weighted by Gasteiger charge is -2.22. The molecule has 1 aromatic carbocycles. The molecular formula is C22H23NO4S. The maximum Gasteiger partial charge on any atom is 0.341 e. The average molecular weight is 397 g/mol. The number of hydrogen-bond donors (Lipinski definition) is 1. The van der Waals surface area contributed by atoms with Crippen LogP contribution in [0.2, 0.25) is 0 Å². The number of aryl methyl sites for hydroxylation is 1. The Balaban J connectivity index is 1.98. The van der Waals surface area contributed by atoms with Crippen LogP contribution in [-0.2, 0) is 9.53 Å². The third-order valence-corrected chi connectivity index (χ3v) is 6.04. The molecule has 3 rings (SSSR count). The van der Waals surface area contributed by atoms with E-state index in [-0.39, 0.29) is 29.6 Å². The Labute approximate surface area is 168 Å². The van der Waals surface area contributed by atoms with Crippen LogP contribution in [0.3, 0.4) is 0 Å². The number of allylic oxidation sites excluding steroid dienone is 2. The number of ether oxygens (including phenoxy) is 1. The fourth-order valence-electron chi connectivity index (χ4n) is 3.29. The van der Waals surface area contributed by atoms with Crippen LogP contribution >= 0.6 is 11.3 Å². The number of carbonyl (C=O) groups excluding carboxylic acids is 2. The van der Waals surface area contributed by atoms with Gasteiger partial charge in [0.2, 0.25) is 0 Å². The minimum atomic E-state index is -0.424. The van der Waals surface area contributed by atoms with E-state index < -0.39 is 5.97 Å². The topological polar surface area (TPSA) is 76.0 Å². The molecule has 0 fully saturated rings. The molecule has 1 N–H and O–H groups in total. The minimum absolute atomic E-state index is 0.0360. The zero-order chi connectivity index (χ0) is 20.3. The highest BCUT2D eigenvalue weighted by Crippen LogP contribution is 2.37. The van der Waals surface area contributed by atoms with E-state index in [2.05, 4.69) is 4.99 Å². The highest BCUT2D eigenvalue weighted by atomic mass is 32.1. The molecular weight excluding hydrogens is 374 g/mol. The second-order valence-electron chi connectivity index (χ2n) is 6.67. The van der Waals surface area contributed by atoms with Gasteiger partial charge < -0.3 is 9.84 Å². The van der Waals surface area contributed by atoms with E-state index in [4.69, 9.17) is 4.74 Å². The van der Waals surface area contributed by atoms with Crippen molar-refractivity contribution in [3.63, 3.8) is 0 Å². The molecule has 0 amide bonds. The van der Waals surface area contributed by atoms with Gasteiger partial charge in [-0.15, -0.1) is 11.3 Å². The van der Waals surface area contributed by atoms with Gasteiger partial charge in [-0.1, -0.05) is 30.3 Å². The molecule has 0 aliphatic heterocycles. The number of ketones is 1. The van der Waals surface area contributed by atoms with Gasteiger partial charge in [0.05, 0.1) is 17.7 Å². The summed E-state index contributed by atoms with van der Waals surface area (Å²) in [6.45, 7) is 5.79. The molecule has 28 heavy (non-hydrogen) atoms. The largest absolute Gasteiger partial charge is 0.511 e. The van der Waals surface area contributed by atoms with Gasteiger partial charge in [-0.25, -0.2) is 9.79 Å². The average Bonchev–Trinajstić information content (AvgIpc) is 2.96. The van der Waals surface area contributed by atoms with Gasteiger partial charge in [0, 0.05) is 23.4 Å². The quantitative estimate of drug-likeness (QED) is 0.555. The van der Waals surface area contributed by atoms with Crippen molar-refractivity contribution in [1.82, 2.24) is 0 Å². The monoisotopic (exact) mass is 397 g/mol. The second-order valence-corrected chi connectivity index (χ2v) is 7.87. The molecule has 0 spiro atoms. The van der Waals surface area contributed by atoms with Crippen LogP contribution in [0.15, 0.2) is 46.7 Å². The predicted octanol–water partition coefficient (Wildman–Crippen LogP) is 5.20. The van der Waals surface area contributed by atoms with E-state index in [9.17, 15) is 14.7 Å². The van der Waals surface area contributed by atoms with Crippen LogP contribution in [0.25, 0.3) is 0 Å². The summed E-state index contributed by atoms with van der Waals surface area (Å²) in [6, 6.07) is 9.62. The molecule has 0 saturated carbocycles. The first-order valence-electron chi connectivity index (χ1n) is 9.26. The summed E-state index contributed by atoms with van der Waals surface area (Å²) in [4.78, 5) is 30.1. The first-order valence-corrected chi connectivity index (χ1v) is 10.1. The fraction of sp³-hybridized carbons (Fsp3) is 0.318. The van der Waals surface area contributed by atoms with Crippen molar-refractivity contribution in [1.29, 1.82) is 0 Å². The van der Waals surface area contributed by atoms with Gasteiger partial charge in [-0.3, -0.25) is 4.79 Å². The first kappa shape index (κ1) is 20.0. The normalized spacial score (nSPS) is 17.4. The summed E-state index contributed by atoms with van der Waals surface area (Å²) in [5.74, 6) is -0.756. The lowest BCUT2D eigenvalue weighted by atomic mass is 9.83. The predicted molar refractivity (Wildman–Crippen MR) is 111 cm³/mol. The molecule has 146 valence electrons. The Hall–Kier alpha value is -2.73. The highest BCUT2D eigenvalue weighted by molar-refractivity contribution is 7.16. The van der Waals surface area contributed by atoms with Crippen molar-refractivity contribution in [2.45, 2.75) is 39.5 Å². The molecule has 1 heterocycles. The number of rotatable bonds is 5. The Bertz CT molecular complexity index is 956. The maximum atomic E-state index is 12.4. The standard InChI is InChI=1S/C22H23NO4S/c1-4-27-22(26)19-13(2)14(3)28-21(19)23-12-17-18(24)11-10-16(20(17)25)15-8-6-5-7-9-15/h5-9,12,16,25H,4,10-11H2,1-3H3/t16-/m1/s1. The smallest absolute Gasteiger partial charge is 0.341 e. The van der Waals surface area contributed by atoms with Gasteiger partial charge in [0.25, 0.3) is 0 Å². The number of thiophene rings is 1. The van der Waals surface area contributed by atoms with Crippen LogP contribution in [-0.4, -0.2) is 29.7 Å². The highest BCUT2D eigenvalue weighted by Gasteiger charge is 2.29. The molecule has 1 aromatic heterocycles.